The first kappa shape index (κ1) is 14.7. The van der Waals surface area contributed by atoms with E-state index < -0.39 is 0 Å². The van der Waals surface area contributed by atoms with Crippen molar-refractivity contribution >= 4 is 28.1 Å². The third kappa shape index (κ3) is 3.17. The third-order valence-corrected chi connectivity index (χ3v) is 4.73. The van der Waals surface area contributed by atoms with Crippen LogP contribution < -0.4 is 5.56 Å². The second-order valence-electron chi connectivity index (χ2n) is 5.42. The molecule has 2 N–H and O–H groups in total. The normalized spacial score (nSPS) is 15.0. The maximum Gasteiger partial charge on any atom is 0.255 e. The van der Waals surface area contributed by atoms with Gasteiger partial charge in [0.1, 0.15) is 0 Å². The number of H-pyrrole nitrogens is 2. The van der Waals surface area contributed by atoms with Gasteiger partial charge in [-0.1, -0.05) is 28.1 Å². The molecule has 0 saturated carbocycles. The standard InChI is InChI=1S/C15H16BrN3OS/c1-9-2-3-10(12(16)6-9)7-19-5-4-11-13(8-19)17-15(21)18-14(11)20/h2-3,6H,4-5,7-8H2,1H3,(H2,17,18,20,21). The number of fused-ring (bicyclic) bond motifs is 1. The Morgan fingerprint density at radius 1 is 1.38 bits per heavy atom. The van der Waals surface area contributed by atoms with Crippen LogP contribution in [0.15, 0.2) is 27.5 Å². The number of rotatable bonds is 2. The van der Waals surface area contributed by atoms with Gasteiger partial charge in [0.15, 0.2) is 4.77 Å². The number of aromatic amines is 2. The average Bonchev–Trinajstić information content (AvgIpc) is 2.41. The number of hydrogen-bond donors (Lipinski definition) is 2. The van der Waals surface area contributed by atoms with Crippen molar-refractivity contribution < 1.29 is 0 Å². The summed E-state index contributed by atoms with van der Waals surface area (Å²) < 4.78 is 1.53. The number of nitrogens with one attached hydrogen (secondary N) is 2. The fourth-order valence-corrected chi connectivity index (χ4v) is 3.52. The van der Waals surface area contributed by atoms with Crippen molar-refractivity contribution in [1.29, 1.82) is 0 Å². The van der Waals surface area contributed by atoms with Crippen LogP contribution in [0.5, 0.6) is 0 Å². The molecule has 0 fully saturated rings. The predicted molar refractivity (Wildman–Crippen MR) is 88.9 cm³/mol. The molecule has 0 saturated heterocycles. The number of aromatic nitrogens is 2. The van der Waals surface area contributed by atoms with E-state index >= 15 is 0 Å². The number of nitrogens with zero attached hydrogens (tertiary/aromatic N) is 1. The van der Waals surface area contributed by atoms with E-state index in [1.807, 2.05) is 0 Å². The molecule has 1 aliphatic rings. The van der Waals surface area contributed by atoms with E-state index in [4.69, 9.17) is 12.2 Å². The van der Waals surface area contributed by atoms with Crippen LogP contribution in [0.4, 0.5) is 0 Å². The fraction of sp³-hybridized carbons (Fsp3) is 0.333. The van der Waals surface area contributed by atoms with Gasteiger partial charge in [-0.05, 0) is 42.8 Å². The Labute approximate surface area is 136 Å². The number of halogens is 1. The smallest absolute Gasteiger partial charge is 0.255 e. The van der Waals surface area contributed by atoms with E-state index in [1.54, 1.807) is 0 Å². The molecule has 2 aromatic rings. The van der Waals surface area contributed by atoms with Crippen molar-refractivity contribution in [3.8, 4) is 0 Å². The highest BCUT2D eigenvalue weighted by molar-refractivity contribution is 9.10. The maximum absolute atomic E-state index is 11.9. The molecule has 0 unspecified atom stereocenters. The molecule has 21 heavy (non-hydrogen) atoms. The lowest BCUT2D eigenvalue weighted by Crippen LogP contribution is -2.34. The van der Waals surface area contributed by atoms with E-state index in [-0.39, 0.29) is 5.56 Å². The molecule has 0 spiro atoms. The number of benzene rings is 1. The van der Waals surface area contributed by atoms with Crippen molar-refractivity contribution in [1.82, 2.24) is 14.9 Å². The van der Waals surface area contributed by atoms with Crippen LogP contribution in [0.3, 0.4) is 0 Å². The van der Waals surface area contributed by atoms with Gasteiger partial charge in [0.2, 0.25) is 0 Å². The molecule has 110 valence electrons. The summed E-state index contributed by atoms with van der Waals surface area (Å²) in [6, 6.07) is 6.40. The second-order valence-corrected chi connectivity index (χ2v) is 6.68. The first-order valence-corrected chi connectivity index (χ1v) is 8.05. The molecular formula is C15H16BrN3OS. The largest absolute Gasteiger partial charge is 0.334 e. The van der Waals surface area contributed by atoms with Gasteiger partial charge in [0, 0.05) is 35.4 Å². The van der Waals surface area contributed by atoms with Gasteiger partial charge in [-0.15, -0.1) is 0 Å². The average molecular weight is 366 g/mol. The van der Waals surface area contributed by atoms with Gasteiger partial charge in [-0.3, -0.25) is 14.7 Å². The highest BCUT2D eigenvalue weighted by Crippen LogP contribution is 2.22. The molecule has 1 aliphatic heterocycles. The van der Waals surface area contributed by atoms with Crippen LogP contribution in [-0.4, -0.2) is 21.4 Å². The lowest BCUT2D eigenvalue weighted by atomic mass is 10.1. The molecule has 4 nitrogen and oxygen atoms in total. The first-order valence-electron chi connectivity index (χ1n) is 6.84. The van der Waals surface area contributed by atoms with E-state index in [1.165, 1.54) is 11.1 Å². The van der Waals surface area contributed by atoms with Crippen LogP contribution in [0.2, 0.25) is 0 Å². The van der Waals surface area contributed by atoms with Crippen molar-refractivity contribution in [2.75, 3.05) is 6.54 Å². The van der Waals surface area contributed by atoms with Crippen molar-refractivity contribution in [3.63, 3.8) is 0 Å². The van der Waals surface area contributed by atoms with E-state index in [0.29, 0.717) is 4.77 Å². The minimum Gasteiger partial charge on any atom is -0.334 e. The minimum absolute atomic E-state index is 0.0510. The molecule has 2 heterocycles. The maximum atomic E-state index is 11.9. The van der Waals surface area contributed by atoms with Crippen LogP contribution >= 0.6 is 28.1 Å². The van der Waals surface area contributed by atoms with E-state index in [0.717, 1.165) is 41.8 Å². The fourth-order valence-electron chi connectivity index (χ4n) is 2.69. The Hall–Kier alpha value is -1.24. The summed E-state index contributed by atoms with van der Waals surface area (Å²) in [5.41, 5.74) is 4.23. The van der Waals surface area contributed by atoms with E-state index in [2.05, 4.69) is 55.9 Å². The van der Waals surface area contributed by atoms with Crippen LogP contribution in [0.1, 0.15) is 22.4 Å². The zero-order valence-electron chi connectivity index (χ0n) is 11.7. The Morgan fingerprint density at radius 3 is 2.95 bits per heavy atom. The summed E-state index contributed by atoms with van der Waals surface area (Å²) in [6.45, 7) is 4.54. The lowest BCUT2D eigenvalue weighted by molar-refractivity contribution is 0.240. The minimum atomic E-state index is -0.0510. The molecule has 0 bridgehead atoms. The molecule has 3 rings (SSSR count). The monoisotopic (exact) mass is 365 g/mol. The van der Waals surface area contributed by atoms with E-state index in [9.17, 15) is 4.79 Å². The van der Waals surface area contributed by atoms with Gasteiger partial charge in [-0.25, -0.2) is 0 Å². The Kier molecular flexibility index (Phi) is 4.10. The first-order chi connectivity index (χ1) is 10.0. The Balaban J connectivity index is 1.83. The highest BCUT2D eigenvalue weighted by atomic mass is 79.9. The van der Waals surface area contributed by atoms with Crippen molar-refractivity contribution in [3.05, 3.63) is 60.2 Å². The Bertz CT molecular complexity index is 796. The van der Waals surface area contributed by atoms with Crippen LogP contribution in [0, 0.1) is 11.7 Å². The Morgan fingerprint density at radius 2 is 2.19 bits per heavy atom. The molecular weight excluding hydrogens is 350 g/mol. The second kappa shape index (κ2) is 5.87. The summed E-state index contributed by atoms with van der Waals surface area (Å²) in [5.74, 6) is 0. The van der Waals surface area contributed by atoms with Crippen molar-refractivity contribution in [2.45, 2.75) is 26.4 Å². The zero-order valence-corrected chi connectivity index (χ0v) is 14.1. The molecule has 0 aliphatic carbocycles. The molecule has 1 aromatic carbocycles. The highest BCUT2D eigenvalue weighted by Gasteiger charge is 2.20. The van der Waals surface area contributed by atoms with Gasteiger partial charge >= 0.3 is 0 Å². The number of hydrogen-bond acceptors (Lipinski definition) is 3. The van der Waals surface area contributed by atoms with Crippen LogP contribution in [0.25, 0.3) is 0 Å². The molecule has 6 heteroatoms. The summed E-state index contributed by atoms with van der Waals surface area (Å²) in [5, 5.41) is 0. The predicted octanol–water partition coefficient (Wildman–Crippen LogP) is 3.06. The topological polar surface area (TPSA) is 51.9 Å². The molecule has 0 atom stereocenters. The van der Waals surface area contributed by atoms with Crippen LogP contribution in [-0.2, 0) is 19.5 Å². The third-order valence-electron chi connectivity index (χ3n) is 3.79. The quantitative estimate of drug-likeness (QED) is 0.804. The number of aryl methyl sites for hydroxylation is 1. The summed E-state index contributed by atoms with van der Waals surface area (Å²) in [6.07, 6.45) is 0.750. The van der Waals surface area contributed by atoms with Gasteiger partial charge < -0.3 is 4.98 Å². The van der Waals surface area contributed by atoms with Crippen molar-refractivity contribution in [2.24, 2.45) is 0 Å². The van der Waals surface area contributed by atoms with Gasteiger partial charge in [-0.2, -0.15) is 0 Å². The lowest BCUT2D eigenvalue weighted by Gasteiger charge is -2.28. The molecule has 1 aromatic heterocycles. The summed E-state index contributed by atoms with van der Waals surface area (Å²) in [4.78, 5) is 20.0. The SMILES string of the molecule is Cc1ccc(CN2CCc3c([nH]c(=S)[nH]c3=O)C2)c(Br)c1. The zero-order chi connectivity index (χ0) is 15.0. The molecule has 0 amide bonds. The summed E-state index contributed by atoms with van der Waals surface area (Å²) >= 11 is 8.67. The molecule has 0 radical (unpaired) electrons. The van der Waals surface area contributed by atoms with Gasteiger partial charge in [0.05, 0.1) is 0 Å². The summed E-state index contributed by atoms with van der Waals surface area (Å²) in [7, 11) is 0. The van der Waals surface area contributed by atoms with Gasteiger partial charge in [0.25, 0.3) is 5.56 Å².